The Kier molecular flexibility index (Phi) is 6.85. The zero-order valence-electron chi connectivity index (χ0n) is 18.8. The lowest BCUT2D eigenvalue weighted by molar-refractivity contribution is -0.123. The number of aromatic nitrogens is 4. The fourth-order valence-corrected chi connectivity index (χ4v) is 5.27. The molecule has 1 aromatic carbocycles. The highest BCUT2D eigenvalue weighted by Crippen LogP contribution is 2.37. The Bertz CT molecular complexity index is 1290. The van der Waals surface area contributed by atoms with E-state index in [1.165, 1.54) is 11.6 Å². The predicted octanol–water partition coefficient (Wildman–Crippen LogP) is 1.63. The summed E-state index contributed by atoms with van der Waals surface area (Å²) >= 11 is 3.43. The van der Waals surface area contributed by atoms with E-state index in [1.807, 2.05) is 24.3 Å². The Morgan fingerprint density at radius 3 is 2.48 bits per heavy atom. The first-order valence-electron chi connectivity index (χ1n) is 11.1. The normalized spacial score (nSPS) is 15.3. The molecule has 1 unspecified atom stereocenters. The van der Waals surface area contributed by atoms with Crippen molar-refractivity contribution in [1.82, 2.24) is 24.0 Å². The molecule has 0 saturated heterocycles. The number of halogens is 1. The van der Waals surface area contributed by atoms with E-state index in [2.05, 4.69) is 26.2 Å². The molecule has 2 aromatic heterocycles. The van der Waals surface area contributed by atoms with E-state index in [4.69, 9.17) is 5.11 Å². The summed E-state index contributed by atoms with van der Waals surface area (Å²) in [6.07, 6.45) is 4.31. The average Bonchev–Trinajstić information content (AvgIpc) is 3.45. The minimum absolute atomic E-state index is 0.0449. The smallest absolute Gasteiger partial charge is 0.332 e. The molecular weight excluding hydrogens is 490 g/mol. The number of amides is 1. The SMILES string of the molecule is Cn1c(=O)c2c(nc(Br)n2Cc2ccc(C(C(=O)NCCO)C3CCCC3)cc2)n(C)c1=O. The third kappa shape index (κ3) is 4.41. The van der Waals surface area contributed by atoms with Gasteiger partial charge < -0.3 is 15.0 Å². The Labute approximate surface area is 199 Å². The number of aryl methyl sites for hydroxylation is 1. The topological polar surface area (TPSA) is 111 Å². The van der Waals surface area contributed by atoms with E-state index in [9.17, 15) is 14.4 Å². The van der Waals surface area contributed by atoms with Gasteiger partial charge in [-0.25, -0.2) is 9.78 Å². The van der Waals surface area contributed by atoms with Crippen LogP contribution in [0.3, 0.4) is 0 Å². The van der Waals surface area contributed by atoms with E-state index in [0.717, 1.165) is 41.4 Å². The Balaban J connectivity index is 1.66. The molecule has 0 spiro atoms. The van der Waals surface area contributed by atoms with Crippen molar-refractivity contribution in [2.24, 2.45) is 20.0 Å². The maximum Gasteiger partial charge on any atom is 0.332 e. The Hall–Kier alpha value is -2.72. The van der Waals surface area contributed by atoms with Crippen LogP contribution in [0, 0.1) is 5.92 Å². The fourth-order valence-electron chi connectivity index (χ4n) is 4.79. The molecule has 1 atom stereocenters. The lowest BCUT2D eigenvalue weighted by atomic mass is 9.84. The van der Waals surface area contributed by atoms with E-state index in [0.29, 0.717) is 28.4 Å². The van der Waals surface area contributed by atoms with Crippen molar-refractivity contribution < 1.29 is 9.90 Å². The van der Waals surface area contributed by atoms with E-state index >= 15 is 0 Å². The summed E-state index contributed by atoms with van der Waals surface area (Å²) in [6, 6.07) is 7.86. The Morgan fingerprint density at radius 1 is 1.18 bits per heavy atom. The van der Waals surface area contributed by atoms with Gasteiger partial charge in [0.25, 0.3) is 5.56 Å². The molecule has 4 rings (SSSR count). The van der Waals surface area contributed by atoms with Crippen LogP contribution in [-0.2, 0) is 25.4 Å². The van der Waals surface area contributed by atoms with Gasteiger partial charge in [-0.15, -0.1) is 0 Å². The molecule has 3 aromatic rings. The molecule has 1 aliphatic carbocycles. The molecule has 1 fully saturated rings. The zero-order valence-corrected chi connectivity index (χ0v) is 20.3. The van der Waals surface area contributed by atoms with Gasteiger partial charge in [0.2, 0.25) is 5.91 Å². The molecule has 0 bridgehead atoms. The van der Waals surface area contributed by atoms with Gasteiger partial charge in [-0.3, -0.25) is 18.7 Å². The number of benzene rings is 1. The summed E-state index contributed by atoms with van der Waals surface area (Å²) in [6.45, 7) is 0.551. The van der Waals surface area contributed by atoms with Gasteiger partial charge in [-0.2, -0.15) is 0 Å². The fraction of sp³-hybridized carbons (Fsp3) is 0.478. The Morgan fingerprint density at radius 2 is 1.85 bits per heavy atom. The number of carbonyl (C=O) groups excluding carboxylic acids is 1. The quantitative estimate of drug-likeness (QED) is 0.462. The second kappa shape index (κ2) is 9.64. The number of nitrogens with zero attached hydrogens (tertiary/aromatic N) is 4. The van der Waals surface area contributed by atoms with Crippen molar-refractivity contribution in [3.8, 4) is 0 Å². The number of hydrogen-bond acceptors (Lipinski definition) is 5. The maximum atomic E-state index is 12.8. The number of rotatable bonds is 7. The summed E-state index contributed by atoms with van der Waals surface area (Å²) in [5.74, 6) is 0.0118. The second-order valence-corrected chi connectivity index (χ2v) is 9.33. The van der Waals surface area contributed by atoms with Crippen LogP contribution in [0.5, 0.6) is 0 Å². The van der Waals surface area contributed by atoms with Gasteiger partial charge in [0, 0.05) is 20.6 Å². The van der Waals surface area contributed by atoms with E-state index in [-0.39, 0.29) is 25.0 Å². The third-order valence-corrected chi connectivity index (χ3v) is 7.15. The molecule has 176 valence electrons. The number of carbonyl (C=O) groups is 1. The van der Waals surface area contributed by atoms with Crippen molar-refractivity contribution >= 4 is 33.0 Å². The molecule has 0 radical (unpaired) electrons. The molecule has 33 heavy (non-hydrogen) atoms. The number of nitrogens with one attached hydrogen (secondary N) is 1. The van der Waals surface area contributed by atoms with Gasteiger partial charge in [-0.1, -0.05) is 37.1 Å². The number of aliphatic hydroxyl groups excluding tert-OH is 1. The summed E-state index contributed by atoms with van der Waals surface area (Å²) < 4.78 is 4.65. The van der Waals surface area contributed by atoms with Crippen LogP contribution in [0.4, 0.5) is 0 Å². The largest absolute Gasteiger partial charge is 0.395 e. The van der Waals surface area contributed by atoms with Gasteiger partial charge in [0.05, 0.1) is 19.1 Å². The van der Waals surface area contributed by atoms with Gasteiger partial charge in [-0.05, 0) is 45.8 Å². The number of hydrogen-bond donors (Lipinski definition) is 2. The first kappa shape index (κ1) is 23.4. The van der Waals surface area contributed by atoms with Crippen LogP contribution < -0.4 is 16.6 Å². The average molecular weight is 518 g/mol. The van der Waals surface area contributed by atoms with Crippen LogP contribution in [0.25, 0.3) is 11.2 Å². The highest BCUT2D eigenvalue weighted by molar-refractivity contribution is 9.10. The van der Waals surface area contributed by atoms with Crippen LogP contribution in [0.1, 0.15) is 42.7 Å². The number of aliphatic hydroxyl groups is 1. The highest BCUT2D eigenvalue weighted by Gasteiger charge is 2.31. The summed E-state index contributed by atoms with van der Waals surface area (Å²) in [5, 5.41) is 11.9. The van der Waals surface area contributed by atoms with Crippen LogP contribution in [-0.4, -0.2) is 42.9 Å². The van der Waals surface area contributed by atoms with Crippen molar-refractivity contribution in [1.29, 1.82) is 0 Å². The van der Waals surface area contributed by atoms with Gasteiger partial charge >= 0.3 is 5.69 Å². The lowest BCUT2D eigenvalue weighted by Gasteiger charge is -2.23. The van der Waals surface area contributed by atoms with E-state index < -0.39 is 11.2 Å². The van der Waals surface area contributed by atoms with Gasteiger partial charge in [0.15, 0.2) is 15.9 Å². The molecule has 1 amide bonds. The summed E-state index contributed by atoms with van der Waals surface area (Å²) in [5.41, 5.74) is 1.75. The third-order valence-electron chi connectivity index (χ3n) is 6.55. The van der Waals surface area contributed by atoms with Crippen molar-refractivity contribution in [3.05, 3.63) is 61.0 Å². The molecule has 2 heterocycles. The van der Waals surface area contributed by atoms with Crippen LogP contribution >= 0.6 is 15.9 Å². The lowest BCUT2D eigenvalue weighted by Crippen LogP contribution is -2.37. The minimum Gasteiger partial charge on any atom is -0.395 e. The molecule has 1 aliphatic rings. The molecule has 9 nitrogen and oxygen atoms in total. The molecule has 1 saturated carbocycles. The standard InChI is InChI=1S/C23H28BrN5O4/c1-27-19-18(21(32)28(2)23(27)33)29(22(24)26-19)13-14-7-9-16(10-8-14)17(15-5-3-4-6-15)20(31)25-11-12-30/h7-10,15,17,30H,3-6,11-13H2,1-2H3,(H,25,31). The summed E-state index contributed by atoms with van der Waals surface area (Å²) in [7, 11) is 3.04. The first-order chi connectivity index (χ1) is 15.8. The predicted molar refractivity (Wildman–Crippen MR) is 128 cm³/mol. The molecule has 0 aliphatic heterocycles. The molecule has 2 N–H and O–H groups in total. The van der Waals surface area contributed by atoms with Crippen LogP contribution in [0.2, 0.25) is 0 Å². The van der Waals surface area contributed by atoms with Crippen LogP contribution in [0.15, 0.2) is 38.6 Å². The second-order valence-electron chi connectivity index (χ2n) is 8.62. The monoisotopic (exact) mass is 517 g/mol. The highest BCUT2D eigenvalue weighted by atomic mass is 79.9. The zero-order chi connectivity index (χ0) is 23.7. The van der Waals surface area contributed by atoms with E-state index in [1.54, 1.807) is 11.6 Å². The molecular formula is C23H28BrN5O4. The van der Waals surface area contributed by atoms with Gasteiger partial charge in [0.1, 0.15) is 0 Å². The number of imidazole rings is 1. The minimum atomic E-state index is -0.425. The maximum absolute atomic E-state index is 12.8. The summed E-state index contributed by atoms with van der Waals surface area (Å²) in [4.78, 5) is 42.2. The van der Waals surface area contributed by atoms with Crippen molar-refractivity contribution in [3.63, 3.8) is 0 Å². The van der Waals surface area contributed by atoms with Crippen molar-refractivity contribution in [2.45, 2.75) is 38.1 Å². The first-order valence-corrected chi connectivity index (χ1v) is 11.9. The number of fused-ring (bicyclic) bond motifs is 1. The molecule has 10 heteroatoms. The van der Waals surface area contributed by atoms with Crippen molar-refractivity contribution in [2.75, 3.05) is 13.2 Å².